The Labute approximate surface area is 110 Å². The fourth-order valence-corrected chi connectivity index (χ4v) is 1.99. The second kappa shape index (κ2) is 6.27. The summed E-state index contributed by atoms with van der Waals surface area (Å²) in [5.41, 5.74) is 5.67. The van der Waals surface area contributed by atoms with Gasteiger partial charge in [0.1, 0.15) is 9.21 Å². The van der Waals surface area contributed by atoms with Gasteiger partial charge in [-0.2, -0.15) is 0 Å². The van der Waals surface area contributed by atoms with E-state index in [9.17, 15) is 4.79 Å². The number of halogens is 2. The van der Waals surface area contributed by atoms with Gasteiger partial charge in [0.15, 0.2) is 5.82 Å². The second-order valence-electron chi connectivity index (χ2n) is 3.22. The van der Waals surface area contributed by atoms with Gasteiger partial charge < -0.3 is 11.1 Å². The van der Waals surface area contributed by atoms with Gasteiger partial charge in [0.05, 0.1) is 12.2 Å². The molecule has 1 heterocycles. The van der Waals surface area contributed by atoms with E-state index < -0.39 is 6.04 Å². The smallest absolute Gasteiger partial charge is 0.242 e. The largest absolute Gasteiger partial charge is 0.320 e. The van der Waals surface area contributed by atoms with Gasteiger partial charge in [-0.15, -0.1) is 0 Å². The van der Waals surface area contributed by atoms with Crippen LogP contribution < -0.4 is 11.1 Å². The fraction of sp³-hybridized carbons (Fsp3) is 0.444. The molecule has 1 atom stereocenters. The molecule has 0 fully saturated rings. The summed E-state index contributed by atoms with van der Waals surface area (Å²) >= 11 is 6.38. The molecule has 0 aliphatic carbocycles. The summed E-state index contributed by atoms with van der Waals surface area (Å²) in [6.45, 7) is 1.97. The molecule has 1 aromatic heterocycles. The molecule has 0 aromatic carbocycles. The van der Waals surface area contributed by atoms with Gasteiger partial charge in [0.2, 0.25) is 5.91 Å². The van der Waals surface area contributed by atoms with Crippen molar-refractivity contribution in [1.82, 2.24) is 9.97 Å². The molecular weight excluding hydrogens is 340 g/mol. The van der Waals surface area contributed by atoms with Crippen molar-refractivity contribution in [3.05, 3.63) is 15.4 Å². The SMILES string of the molecule is CCC[C@H](N)C(=O)Nc1ncc(Br)nc1Br. The Morgan fingerprint density at radius 3 is 2.88 bits per heavy atom. The van der Waals surface area contributed by atoms with E-state index in [2.05, 4.69) is 47.1 Å². The number of carbonyl (C=O) groups excluding carboxylic acids is 1. The molecule has 1 aromatic rings. The van der Waals surface area contributed by atoms with E-state index in [-0.39, 0.29) is 5.91 Å². The first-order valence-electron chi connectivity index (χ1n) is 4.79. The minimum Gasteiger partial charge on any atom is -0.320 e. The molecule has 16 heavy (non-hydrogen) atoms. The molecule has 3 N–H and O–H groups in total. The monoisotopic (exact) mass is 350 g/mol. The molecule has 0 aliphatic heterocycles. The highest BCUT2D eigenvalue weighted by Gasteiger charge is 2.14. The molecule has 1 amide bonds. The molecule has 7 heteroatoms. The summed E-state index contributed by atoms with van der Waals surface area (Å²) in [6, 6.07) is -0.512. The normalized spacial score (nSPS) is 12.2. The van der Waals surface area contributed by atoms with Gasteiger partial charge in [0.25, 0.3) is 0 Å². The zero-order valence-corrected chi connectivity index (χ0v) is 11.9. The first kappa shape index (κ1) is 13.5. The number of aromatic nitrogens is 2. The molecule has 5 nitrogen and oxygen atoms in total. The quantitative estimate of drug-likeness (QED) is 0.870. The van der Waals surface area contributed by atoms with Crippen molar-refractivity contribution < 1.29 is 4.79 Å². The van der Waals surface area contributed by atoms with Crippen LogP contribution in [-0.4, -0.2) is 21.9 Å². The summed E-state index contributed by atoms with van der Waals surface area (Å²) in [5, 5.41) is 2.62. The van der Waals surface area contributed by atoms with E-state index in [1.54, 1.807) is 0 Å². The number of hydrogen-bond donors (Lipinski definition) is 2. The van der Waals surface area contributed by atoms with Crippen molar-refractivity contribution in [2.45, 2.75) is 25.8 Å². The van der Waals surface area contributed by atoms with Gasteiger partial charge in [0, 0.05) is 0 Å². The average Bonchev–Trinajstić information content (AvgIpc) is 2.22. The Morgan fingerprint density at radius 1 is 1.62 bits per heavy atom. The van der Waals surface area contributed by atoms with Crippen LogP contribution in [0.25, 0.3) is 0 Å². The van der Waals surface area contributed by atoms with Crippen LogP contribution >= 0.6 is 31.9 Å². The third-order valence-corrected chi connectivity index (χ3v) is 2.81. The van der Waals surface area contributed by atoms with Gasteiger partial charge in [-0.05, 0) is 38.3 Å². The van der Waals surface area contributed by atoms with Crippen LogP contribution in [0.4, 0.5) is 5.82 Å². The summed E-state index contributed by atoms with van der Waals surface area (Å²) in [4.78, 5) is 19.7. The number of rotatable bonds is 4. The van der Waals surface area contributed by atoms with Crippen molar-refractivity contribution in [2.24, 2.45) is 5.73 Å². The fourth-order valence-electron chi connectivity index (χ4n) is 1.08. The molecule has 0 saturated carbocycles. The van der Waals surface area contributed by atoms with Gasteiger partial charge in [-0.3, -0.25) is 4.79 Å². The average molecular weight is 352 g/mol. The number of nitrogens with one attached hydrogen (secondary N) is 1. The first-order valence-corrected chi connectivity index (χ1v) is 6.37. The maximum atomic E-state index is 11.6. The molecular formula is C9H12Br2N4O. The molecule has 0 spiro atoms. The molecule has 0 bridgehead atoms. The number of hydrogen-bond acceptors (Lipinski definition) is 4. The minimum atomic E-state index is -0.512. The minimum absolute atomic E-state index is 0.251. The van der Waals surface area contributed by atoms with E-state index in [1.165, 1.54) is 6.20 Å². The van der Waals surface area contributed by atoms with Gasteiger partial charge in [-0.25, -0.2) is 9.97 Å². The van der Waals surface area contributed by atoms with Crippen LogP contribution in [0.1, 0.15) is 19.8 Å². The number of carbonyl (C=O) groups is 1. The number of anilines is 1. The lowest BCUT2D eigenvalue weighted by Crippen LogP contribution is -2.35. The number of amides is 1. The van der Waals surface area contributed by atoms with Crippen LogP contribution in [0.3, 0.4) is 0 Å². The molecule has 0 aliphatic rings. The maximum absolute atomic E-state index is 11.6. The Morgan fingerprint density at radius 2 is 2.31 bits per heavy atom. The Hall–Kier alpha value is -0.530. The van der Waals surface area contributed by atoms with E-state index in [1.807, 2.05) is 6.92 Å². The predicted molar refractivity (Wildman–Crippen MR) is 68.9 cm³/mol. The topological polar surface area (TPSA) is 80.9 Å². The lowest BCUT2D eigenvalue weighted by atomic mass is 10.2. The third-order valence-electron chi connectivity index (χ3n) is 1.88. The van der Waals surface area contributed by atoms with E-state index >= 15 is 0 Å². The van der Waals surface area contributed by atoms with Crippen molar-refractivity contribution in [1.29, 1.82) is 0 Å². The summed E-state index contributed by atoms with van der Waals surface area (Å²) in [5.74, 6) is 0.124. The lowest BCUT2D eigenvalue weighted by molar-refractivity contribution is -0.117. The van der Waals surface area contributed by atoms with E-state index in [0.29, 0.717) is 21.4 Å². The second-order valence-corrected chi connectivity index (χ2v) is 4.78. The van der Waals surface area contributed by atoms with Crippen molar-refractivity contribution in [3.63, 3.8) is 0 Å². The molecule has 0 unspecified atom stereocenters. The summed E-state index contributed by atoms with van der Waals surface area (Å²) in [7, 11) is 0. The zero-order chi connectivity index (χ0) is 12.1. The Bertz CT molecular complexity index is 386. The highest BCUT2D eigenvalue weighted by molar-refractivity contribution is 9.11. The highest BCUT2D eigenvalue weighted by atomic mass is 79.9. The van der Waals surface area contributed by atoms with Crippen LogP contribution in [0.5, 0.6) is 0 Å². The summed E-state index contributed by atoms with van der Waals surface area (Å²) < 4.78 is 1.06. The van der Waals surface area contributed by atoms with Crippen molar-refractivity contribution >= 4 is 43.6 Å². The van der Waals surface area contributed by atoms with E-state index in [4.69, 9.17) is 5.73 Å². The highest BCUT2D eigenvalue weighted by Crippen LogP contribution is 2.19. The first-order chi connectivity index (χ1) is 7.54. The zero-order valence-electron chi connectivity index (χ0n) is 8.70. The van der Waals surface area contributed by atoms with Crippen LogP contribution in [0.15, 0.2) is 15.4 Å². The third kappa shape index (κ3) is 3.80. The molecule has 1 rings (SSSR count). The van der Waals surface area contributed by atoms with Crippen molar-refractivity contribution in [3.8, 4) is 0 Å². The predicted octanol–water partition coefficient (Wildman–Crippen LogP) is 2.07. The molecule has 0 saturated heterocycles. The Balaban J connectivity index is 2.69. The van der Waals surface area contributed by atoms with E-state index in [0.717, 1.165) is 6.42 Å². The number of nitrogens with two attached hydrogens (primary N) is 1. The van der Waals surface area contributed by atoms with Gasteiger partial charge >= 0.3 is 0 Å². The molecule has 88 valence electrons. The van der Waals surface area contributed by atoms with Crippen LogP contribution in [0, 0.1) is 0 Å². The van der Waals surface area contributed by atoms with Crippen LogP contribution in [-0.2, 0) is 4.79 Å². The number of nitrogens with zero attached hydrogens (tertiary/aromatic N) is 2. The maximum Gasteiger partial charge on any atom is 0.242 e. The lowest BCUT2D eigenvalue weighted by Gasteiger charge is -2.11. The summed E-state index contributed by atoms with van der Waals surface area (Å²) in [6.07, 6.45) is 3.01. The van der Waals surface area contributed by atoms with Crippen molar-refractivity contribution in [2.75, 3.05) is 5.32 Å². The Kier molecular flexibility index (Phi) is 5.30. The van der Waals surface area contributed by atoms with Gasteiger partial charge in [-0.1, -0.05) is 13.3 Å². The van der Waals surface area contributed by atoms with Crippen LogP contribution in [0.2, 0.25) is 0 Å². The molecule has 0 radical (unpaired) electrons. The standard InChI is InChI=1S/C9H12Br2N4O/c1-2-3-5(12)9(16)15-8-7(11)14-6(10)4-13-8/h4-5H,2-3,12H2,1H3,(H,13,15,16)/t5-/m0/s1.